The molecule has 8 aromatic rings. The molecule has 0 aliphatic heterocycles. The second-order valence-corrected chi connectivity index (χ2v) is 10.4. The minimum absolute atomic E-state index is 0.725. The third kappa shape index (κ3) is 3.13. The van der Waals surface area contributed by atoms with Crippen LogP contribution in [0.2, 0.25) is 5.02 Å². The highest BCUT2D eigenvalue weighted by molar-refractivity contribution is 6.31. The van der Waals surface area contributed by atoms with E-state index in [0.29, 0.717) is 0 Å². The van der Waals surface area contributed by atoms with E-state index in [1.807, 2.05) is 0 Å². The molecule has 1 nitrogen and oxygen atoms in total. The molecule has 0 unspecified atom stereocenters. The van der Waals surface area contributed by atoms with Crippen LogP contribution in [0.4, 0.5) is 0 Å². The van der Waals surface area contributed by atoms with Gasteiger partial charge >= 0.3 is 0 Å². The van der Waals surface area contributed by atoms with Gasteiger partial charge in [-0.2, -0.15) is 0 Å². The van der Waals surface area contributed by atoms with E-state index in [1.54, 1.807) is 0 Å². The van der Waals surface area contributed by atoms with Crippen molar-refractivity contribution >= 4 is 65.7 Å². The molecular weight excluding hydrogens is 482 g/mol. The zero-order chi connectivity index (χ0) is 25.2. The Morgan fingerprint density at radius 3 is 1.42 bits per heavy atom. The van der Waals surface area contributed by atoms with Gasteiger partial charge in [0.15, 0.2) is 0 Å². The smallest absolute Gasteiger partial charge is 0.0541 e. The van der Waals surface area contributed by atoms with Crippen molar-refractivity contribution in [3.63, 3.8) is 0 Å². The summed E-state index contributed by atoms with van der Waals surface area (Å²) in [4.78, 5) is 0. The van der Waals surface area contributed by atoms with Gasteiger partial charge in [0.25, 0.3) is 0 Å². The molecule has 38 heavy (non-hydrogen) atoms. The van der Waals surface area contributed by atoms with Crippen molar-refractivity contribution in [3.05, 3.63) is 138 Å². The van der Waals surface area contributed by atoms with E-state index in [4.69, 9.17) is 11.6 Å². The van der Waals surface area contributed by atoms with Crippen molar-refractivity contribution < 1.29 is 0 Å². The lowest BCUT2D eigenvalue weighted by Crippen LogP contribution is -1.95. The van der Waals surface area contributed by atoms with Gasteiger partial charge in [0.1, 0.15) is 0 Å². The van der Waals surface area contributed by atoms with Gasteiger partial charge in [-0.3, -0.25) is 0 Å². The van der Waals surface area contributed by atoms with Gasteiger partial charge in [0.2, 0.25) is 0 Å². The van der Waals surface area contributed by atoms with Gasteiger partial charge in [0.05, 0.1) is 11.0 Å². The number of nitrogens with zero attached hydrogens (tertiary/aromatic N) is 1. The lowest BCUT2D eigenvalue weighted by atomic mass is 9.92. The van der Waals surface area contributed by atoms with Gasteiger partial charge in [-0.15, -0.1) is 0 Å². The Bertz CT molecular complexity index is 2110. The lowest BCUT2D eigenvalue weighted by Gasteiger charge is -2.14. The average molecular weight is 504 g/mol. The number of fused-ring (bicyclic) bond motifs is 9. The molecule has 178 valence electrons. The Morgan fingerprint density at radius 2 is 0.842 bits per heavy atom. The Kier molecular flexibility index (Phi) is 4.64. The normalized spacial score (nSPS) is 11.8. The summed E-state index contributed by atoms with van der Waals surface area (Å²) in [6.07, 6.45) is 0. The van der Waals surface area contributed by atoms with Crippen LogP contribution in [0.15, 0.2) is 133 Å². The molecule has 1 aromatic heterocycles. The molecule has 0 fully saturated rings. The molecule has 0 aliphatic carbocycles. The fraction of sp³-hybridized carbons (Fsp3) is 0. The van der Waals surface area contributed by atoms with E-state index < -0.39 is 0 Å². The number of hydrogen-bond acceptors (Lipinski definition) is 0. The Balaban J connectivity index is 1.40. The quantitative estimate of drug-likeness (QED) is 0.207. The number of benzene rings is 7. The van der Waals surface area contributed by atoms with Crippen LogP contribution in [-0.4, -0.2) is 4.57 Å². The number of rotatable bonds is 2. The summed E-state index contributed by atoms with van der Waals surface area (Å²) in [5, 5.41) is 10.9. The summed E-state index contributed by atoms with van der Waals surface area (Å²) in [5.41, 5.74) is 5.68. The van der Waals surface area contributed by atoms with Crippen LogP contribution in [0.3, 0.4) is 0 Å². The molecular formula is C36H22ClN. The summed E-state index contributed by atoms with van der Waals surface area (Å²) >= 11 is 6.80. The molecule has 0 amide bonds. The predicted octanol–water partition coefficient (Wildman–Crippen LogP) is 10.6. The predicted molar refractivity (Wildman–Crippen MR) is 164 cm³/mol. The maximum atomic E-state index is 6.80. The second kappa shape index (κ2) is 8.21. The molecule has 0 saturated carbocycles. The summed E-state index contributed by atoms with van der Waals surface area (Å²) in [5.74, 6) is 0. The van der Waals surface area contributed by atoms with Crippen molar-refractivity contribution in [2.45, 2.75) is 0 Å². The minimum atomic E-state index is 0.725. The summed E-state index contributed by atoms with van der Waals surface area (Å²) < 4.78 is 2.32. The van der Waals surface area contributed by atoms with E-state index in [0.717, 1.165) is 21.8 Å². The molecule has 0 N–H and O–H groups in total. The van der Waals surface area contributed by atoms with E-state index in [9.17, 15) is 0 Å². The van der Waals surface area contributed by atoms with Crippen LogP contribution in [0.1, 0.15) is 0 Å². The van der Waals surface area contributed by atoms with E-state index in [1.165, 1.54) is 54.1 Å². The largest absolute Gasteiger partial charge is 0.309 e. The van der Waals surface area contributed by atoms with Crippen LogP contribution in [0.25, 0.3) is 70.9 Å². The Hall–Kier alpha value is -4.59. The van der Waals surface area contributed by atoms with Gasteiger partial charge in [-0.1, -0.05) is 109 Å². The monoisotopic (exact) mass is 503 g/mol. The maximum Gasteiger partial charge on any atom is 0.0541 e. The molecule has 0 radical (unpaired) electrons. The average Bonchev–Trinajstić information content (AvgIpc) is 3.31. The first-order valence-corrected chi connectivity index (χ1v) is 13.3. The van der Waals surface area contributed by atoms with Gasteiger partial charge in [-0.25, -0.2) is 0 Å². The van der Waals surface area contributed by atoms with Crippen LogP contribution < -0.4 is 0 Å². The molecule has 1 heterocycles. The highest BCUT2D eigenvalue weighted by Crippen LogP contribution is 2.39. The van der Waals surface area contributed by atoms with Crippen molar-refractivity contribution in [1.29, 1.82) is 0 Å². The number of para-hydroxylation sites is 2. The lowest BCUT2D eigenvalue weighted by molar-refractivity contribution is 1.18. The van der Waals surface area contributed by atoms with E-state index in [-0.39, 0.29) is 0 Å². The molecule has 8 rings (SSSR count). The van der Waals surface area contributed by atoms with Crippen LogP contribution in [-0.2, 0) is 0 Å². The third-order valence-corrected chi connectivity index (χ3v) is 8.02. The number of hydrogen-bond donors (Lipinski definition) is 0. The second-order valence-electron chi connectivity index (χ2n) is 9.92. The molecule has 0 atom stereocenters. The van der Waals surface area contributed by atoms with Crippen molar-refractivity contribution in [2.75, 3.05) is 0 Å². The van der Waals surface area contributed by atoms with Crippen LogP contribution in [0.5, 0.6) is 0 Å². The number of aromatic nitrogens is 1. The summed E-state index contributed by atoms with van der Waals surface area (Å²) in [6.45, 7) is 0. The van der Waals surface area contributed by atoms with Gasteiger partial charge in [-0.05, 0) is 79.8 Å². The van der Waals surface area contributed by atoms with Gasteiger partial charge in [0, 0.05) is 21.5 Å². The summed E-state index contributed by atoms with van der Waals surface area (Å²) in [7, 11) is 0. The zero-order valence-corrected chi connectivity index (χ0v) is 21.3. The third-order valence-electron chi connectivity index (χ3n) is 7.80. The van der Waals surface area contributed by atoms with Gasteiger partial charge < -0.3 is 4.57 Å². The molecule has 2 heteroatoms. The molecule has 0 spiro atoms. The number of halogens is 1. The van der Waals surface area contributed by atoms with Crippen LogP contribution in [0, 0.1) is 0 Å². The maximum absolute atomic E-state index is 6.80. The van der Waals surface area contributed by atoms with Crippen molar-refractivity contribution in [3.8, 4) is 16.8 Å². The fourth-order valence-electron chi connectivity index (χ4n) is 6.16. The first-order chi connectivity index (χ1) is 18.8. The molecule has 7 aromatic carbocycles. The topological polar surface area (TPSA) is 4.93 Å². The molecule has 0 bridgehead atoms. The Labute approximate surface area is 225 Å². The van der Waals surface area contributed by atoms with E-state index >= 15 is 0 Å². The first kappa shape index (κ1) is 21.5. The highest BCUT2D eigenvalue weighted by atomic mass is 35.5. The molecule has 0 saturated heterocycles. The minimum Gasteiger partial charge on any atom is -0.309 e. The first-order valence-electron chi connectivity index (χ1n) is 12.9. The highest BCUT2D eigenvalue weighted by Gasteiger charge is 2.14. The summed E-state index contributed by atoms with van der Waals surface area (Å²) in [6, 6.07) is 47.8. The fourth-order valence-corrected chi connectivity index (χ4v) is 6.39. The Morgan fingerprint density at radius 1 is 0.368 bits per heavy atom. The molecule has 0 aliphatic rings. The standard InChI is InChI=1S/C36H22ClN/c37-25-19-24(20-26(22-25)38-35-15-7-5-13-32(35)33-14-6-8-16-36(33)38)23-17-18-31-29-11-2-1-9-27(29)28-10-3-4-12-30(28)34(31)21-23/h1-22H. The van der Waals surface area contributed by atoms with Crippen molar-refractivity contribution in [1.82, 2.24) is 4.57 Å². The van der Waals surface area contributed by atoms with Crippen molar-refractivity contribution in [2.24, 2.45) is 0 Å². The van der Waals surface area contributed by atoms with E-state index in [2.05, 4.69) is 138 Å². The SMILES string of the molecule is Clc1cc(-c2ccc3c4ccccc4c4ccccc4c3c2)cc(-n2c3ccccc3c3ccccc32)c1. The zero-order valence-electron chi connectivity index (χ0n) is 20.5. The van der Waals surface area contributed by atoms with Crippen LogP contribution >= 0.6 is 11.6 Å².